The molecule has 1 unspecified atom stereocenters. The summed E-state index contributed by atoms with van der Waals surface area (Å²) in [6, 6.07) is 0.967. The largest absolute Gasteiger partial charge is 0.465 e. The molecule has 2 aliphatic heterocycles. The molecular weight excluding hydrogens is 802 g/mol. The first-order valence-corrected chi connectivity index (χ1v) is 21.4. The van der Waals surface area contributed by atoms with E-state index in [4.69, 9.17) is 16.6 Å². The predicted molar refractivity (Wildman–Crippen MR) is 217 cm³/mol. The molecular formula is C39H50ClN11O7S. The molecule has 316 valence electrons. The van der Waals surface area contributed by atoms with Gasteiger partial charge in [-0.05, 0) is 88.3 Å². The van der Waals surface area contributed by atoms with Crippen LogP contribution in [0.3, 0.4) is 0 Å². The van der Waals surface area contributed by atoms with Gasteiger partial charge in [0, 0.05) is 54.8 Å². The summed E-state index contributed by atoms with van der Waals surface area (Å²) in [5, 5.41) is 29.3. The molecule has 1 atom stereocenters. The lowest BCUT2D eigenvalue weighted by Gasteiger charge is -2.35. The third-order valence-electron chi connectivity index (χ3n) is 11.4. The Morgan fingerprint density at radius 2 is 1.80 bits per heavy atom. The van der Waals surface area contributed by atoms with E-state index in [2.05, 4.69) is 36.7 Å². The second-order valence-electron chi connectivity index (χ2n) is 15.7. The summed E-state index contributed by atoms with van der Waals surface area (Å²) in [7, 11) is 1.93. The van der Waals surface area contributed by atoms with Gasteiger partial charge in [0.25, 0.3) is 5.91 Å². The van der Waals surface area contributed by atoms with Crippen LogP contribution in [0.4, 0.5) is 10.7 Å². The molecule has 2 aliphatic carbocycles. The number of aryl methyl sites for hydroxylation is 1. The van der Waals surface area contributed by atoms with Crippen molar-refractivity contribution in [3.8, 4) is 11.3 Å². The molecule has 6 N–H and O–H groups in total. The molecule has 1 saturated heterocycles. The summed E-state index contributed by atoms with van der Waals surface area (Å²) in [5.41, 5.74) is 3.47. The number of piperidine rings is 1. The van der Waals surface area contributed by atoms with Crippen LogP contribution in [0.1, 0.15) is 90.0 Å². The van der Waals surface area contributed by atoms with E-state index in [9.17, 15) is 33.9 Å². The molecule has 7 rings (SSSR count). The lowest BCUT2D eigenvalue weighted by Crippen LogP contribution is -2.52. The number of thiophene rings is 1. The van der Waals surface area contributed by atoms with Crippen LogP contribution < -0.4 is 26.6 Å². The Morgan fingerprint density at radius 3 is 2.53 bits per heavy atom. The molecule has 0 radical (unpaired) electrons. The van der Waals surface area contributed by atoms with Gasteiger partial charge < -0.3 is 31.3 Å². The maximum atomic E-state index is 12.9. The van der Waals surface area contributed by atoms with Gasteiger partial charge in [-0.25, -0.2) is 14.8 Å². The zero-order valence-electron chi connectivity index (χ0n) is 32.9. The number of imide groups is 1. The van der Waals surface area contributed by atoms with Crippen LogP contribution in [0.5, 0.6) is 0 Å². The Hall–Kier alpha value is -5.14. The van der Waals surface area contributed by atoms with Crippen LogP contribution in [0, 0.1) is 5.92 Å². The number of anilines is 1. The van der Waals surface area contributed by atoms with Crippen LogP contribution in [-0.4, -0.2) is 115 Å². The average Bonchev–Trinajstić information content (AvgIpc) is 3.72. The van der Waals surface area contributed by atoms with Gasteiger partial charge in [-0.3, -0.25) is 38.9 Å². The highest BCUT2D eigenvalue weighted by Crippen LogP contribution is 2.37. The number of hydrogen-bond donors (Lipinski definition) is 6. The lowest BCUT2D eigenvalue weighted by molar-refractivity contribution is -0.137. The summed E-state index contributed by atoms with van der Waals surface area (Å²) in [6.07, 6.45) is 10.0. The fourth-order valence-corrected chi connectivity index (χ4v) is 9.20. The standard InChI is InChI=1S/C39H50ClN11O7S/c1-49-30(14-22-4-5-22)27(17-45-49)34-28(40)18-44-38(48-34)46-24-6-8-25(9-7-24)50(39(57)58)21-33(54)42-13-3-2-12-41-19-32(53)43-16-26-15-23-20-51(37(56)35(23)59-26)29-10-11-31(52)47-36(29)55/h15,17-18,22,24-25,29,41H,2-14,16,19-21H2,1H3,(H,42,54)(H,43,53)(H,57,58)(H,44,46,48)(H,47,52,55). The second kappa shape index (κ2) is 18.8. The molecule has 59 heavy (non-hydrogen) atoms. The summed E-state index contributed by atoms with van der Waals surface area (Å²) in [5.74, 6) is -0.438. The zero-order valence-corrected chi connectivity index (χ0v) is 34.5. The number of nitrogens with zero attached hydrogens (tertiary/aromatic N) is 6. The molecule has 20 heteroatoms. The van der Waals surface area contributed by atoms with Crippen molar-refractivity contribution in [3.63, 3.8) is 0 Å². The molecule has 4 aliphatic rings. The highest BCUT2D eigenvalue weighted by atomic mass is 35.5. The number of rotatable bonds is 18. The Balaban J connectivity index is 0.756. The quantitative estimate of drug-likeness (QED) is 0.0802. The Bertz CT molecular complexity index is 2080. The van der Waals surface area contributed by atoms with Crippen molar-refractivity contribution in [2.24, 2.45) is 13.0 Å². The number of unbranched alkanes of at least 4 members (excludes halogenated alkanes) is 1. The summed E-state index contributed by atoms with van der Waals surface area (Å²) < 4.78 is 1.88. The topological polar surface area (TPSA) is 233 Å². The molecule has 6 amide bonds. The van der Waals surface area contributed by atoms with E-state index in [1.165, 1.54) is 34.0 Å². The van der Waals surface area contributed by atoms with Gasteiger partial charge >= 0.3 is 6.09 Å². The number of nitrogens with one attached hydrogen (secondary N) is 5. The normalized spacial score (nSPS) is 20.3. The fraction of sp³-hybridized carbons (Fsp3) is 0.564. The predicted octanol–water partition coefficient (Wildman–Crippen LogP) is 2.81. The maximum absolute atomic E-state index is 12.9. The van der Waals surface area contributed by atoms with Gasteiger partial charge in [0.15, 0.2) is 0 Å². The first-order chi connectivity index (χ1) is 28.4. The SMILES string of the molecule is Cn1ncc(-c2nc(NC3CCC(N(CC(=O)NCCCCNCC(=O)NCc4cc5c(s4)C(=O)N(C4CCC(=O)NC4=O)C5)C(=O)O)CC3)ncc2Cl)c1CC1CC1. The fourth-order valence-electron chi connectivity index (χ4n) is 7.94. The molecule has 3 fully saturated rings. The van der Waals surface area contributed by atoms with E-state index in [1.807, 2.05) is 17.8 Å². The highest BCUT2D eigenvalue weighted by molar-refractivity contribution is 7.14. The maximum Gasteiger partial charge on any atom is 0.408 e. The van der Waals surface area contributed by atoms with Crippen LogP contribution >= 0.6 is 22.9 Å². The molecule has 5 heterocycles. The molecule has 0 aromatic carbocycles. The minimum atomic E-state index is -1.13. The van der Waals surface area contributed by atoms with Crippen molar-refractivity contribution in [1.82, 2.24) is 50.8 Å². The third kappa shape index (κ3) is 10.5. The van der Waals surface area contributed by atoms with Crippen molar-refractivity contribution >= 4 is 64.5 Å². The van der Waals surface area contributed by atoms with Gasteiger partial charge in [-0.1, -0.05) is 11.6 Å². The number of carboxylic acid groups (broad SMARTS) is 1. The molecule has 3 aromatic rings. The van der Waals surface area contributed by atoms with E-state index in [0.717, 1.165) is 28.1 Å². The highest BCUT2D eigenvalue weighted by Gasteiger charge is 2.40. The number of halogens is 1. The number of hydrogen-bond acceptors (Lipinski definition) is 12. The van der Waals surface area contributed by atoms with E-state index in [0.29, 0.717) is 92.0 Å². The number of carbonyl (C=O) groups excluding carboxylic acids is 5. The van der Waals surface area contributed by atoms with Crippen LogP contribution in [0.2, 0.25) is 5.02 Å². The average molecular weight is 852 g/mol. The van der Waals surface area contributed by atoms with Crippen molar-refractivity contribution in [2.45, 2.75) is 102 Å². The van der Waals surface area contributed by atoms with Crippen LogP contribution in [0.15, 0.2) is 18.5 Å². The smallest absolute Gasteiger partial charge is 0.408 e. The van der Waals surface area contributed by atoms with Crippen molar-refractivity contribution in [2.75, 3.05) is 31.5 Å². The minimum Gasteiger partial charge on any atom is -0.465 e. The minimum absolute atomic E-state index is 0.0414. The van der Waals surface area contributed by atoms with Crippen LogP contribution in [0.25, 0.3) is 11.3 Å². The summed E-state index contributed by atoms with van der Waals surface area (Å²) >= 11 is 7.83. The Morgan fingerprint density at radius 1 is 1.02 bits per heavy atom. The molecule has 0 bridgehead atoms. The third-order valence-corrected chi connectivity index (χ3v) is 12.8. The number of aromatic nitrogens is 4. The molecule has 2 saturated carbocycles. The lowest BCUT2D eigenvalue weighted by atomic mass is 9.90. The van der Waals surface area contributed by atoms with E-state index >= 15 is 0 Å². The van der Waals surface area contributed by atoms with Crippen LogP contribution in [-0.2, 0) is 45.7 Å². The number of fused-ring (bicyclic) bond motifs is 1. The van der Waals surface area contributed by atoms with Crippen molar-refractivity contribution in [1.29, 1.82) is 0 Å². The van der Waals surface area contributed by atoms with E-state index in [-0.39, 0.29) is 61.8 Å². The number of amides is 6. The molecule has 18 nitrogen and oxygen atoms in total. The van der Waals surface area contributed by atoms with Gasteiger partial charge in [-0.2, -0.15) is 5.10 Å². The first-order valence-electron chi connectivity index (χ1n) is 20.2. The Labute approximate surface area is 350 Å². The number of carbonyl (C=O) groups is 6. The monoisotopic (exact) mass is 851 g/mol. The summed E-state index contributed by atoms with van der Waals surface area (Å²) in [6.45, 7) is 1.36. The molecule has 3 aromatic heterocycles. The molecule has 0 spiro atoms. The van der Waals surface area contributed by atoms with Gasteiger partial charge in [0.05, 0.1) is 41.1 Å². The summed E-state index contributed by atoms with van der Waals surface area (Å²) in [4.78, 5) is 87.3. The van der Waals surface area contributed by atoms with Crippen molar-refractivity contribution < 1.29 is 33.9 Å². The van der Waals surface area contributed by atoms with Crippen molar-refractivity contribution in [3.05, 3.63) is 44.5 Å². The van der Waals surface area contributed by atoms with Gasteiger partial charge in [-0.15, -0.1) is 11.3 Å². The first kappa shape index (κ1) is 42.0. The zero-order chi connectivity index (χ0) is 41.6. The second-order valence-corrected chi connectivity index (χ2v) is 17.2. The Kier molecular flexibility index (Phi) is 13.4. The van der Waals surface area contributed by atoms with Gasteiger partial charge in [0.1, 0.15) is 12.6 Å². The van der Waals surface area contributed by atoms with Gasteiger partial charge in [0.2, 0.25) is 29.6 Å². The van der Waals surface area contributed by atoms with E-state index < -0.39 is 18.0 Å². The van der Waals surface area contributed by atoms with E-state index in [1.54, 1.807) is 12.4 Å².